The van der Waals surface area contributed by atoms with Crippen LogP contribution in [0.3, 0.4) is 0 Å². The second kappa shape index (κ2) is 8.75. The number of aliphatic carboxylic acids is 1. The van der Waals surface area contributed by atoms with Crippen molar-refractivity contribution < 1.29 is 19.0 Å². The molecule has 2 atom stereocenters. The van der Waals surface area contributed by atoms with Gasteiger partial charge in [-0.25, -0.2) is 9.37 Å². The third-order valence-corrected chi connectivity index (χ3v) is 7.32. The Morgan fingerprint density at radius 1 is 1.20 bits per heavy atom. The number of imidazole rings is 1. The fraction of sp³-hybridized carbons (Fsp3) is 0.296. The van der Waals surface area contributed by atoms with Crippen molar-refractivity contribution in [3.8, 4) is 5.75 Å². The number of nitrogens with zero attached hydrogens (tertiary/aromatic N) is 3. The van der Waals surface area contributed by atoms with Crippen LogP contribution in [0.4, 0.5) is 4.39 Å². The lowest BCUT2D eigenvalue weighted by Crippen LogP contribution is -2.07. The van der Waals surface area contributed by atoms with E-state index in [0.29, 0.717) is 23.6 Å². The van der Waals surface area contributed by atoms with Gasteiger partial charge in [0, 0.05) is 35.3 Å². The summed E-state index contributed by atoms with van der Waals surface area (Å²) in [5.41, 5.74) is 3.09. The van der Waals surface area contributed by atoms with Crippen molar-refractivity contribution >= 4 is 32.9 Å². The molecule has 0 spiro atoms. The Morgan fingerprint density at radius 3 is 2.57 bits per heavy atom. The van der Waals surface area contributed by atoms with Gasteiger partial charge in [-0.15, -0.1) is 0 Å². The Balaban J connectivity index is 1.56. The molecule has 0 amide bonds. The van der Waals surface area contributed by atoms with E-state index in [-0.39, 0.29) is 18.0 Å². The fourth-order valence-electron chi connectivity index (χ4n) is 4.76. The van der Waals surface area contributed by atoms with Crippen molar-refractivity contribution in [2.45, 2.75) is 39.8 Å². The molecule has 1 aliphatic rings. The number of aryl methyl sites for hydroxylation is 1. The maximum atomic E-state index is 15.2. The molecule has 0 radical (unpaired) electrons. The molecule has 0 saturated heterocycles. The highest BCUT2D eigenvalue weighted by atomic mass is 79.9. The zero-order chi connectivity index (χ0) is 24.9. The van der Waals surface area contributed by atoms with Crippen LogP contribution in [0.2, 0.25) is 0 Å². The fourth-order valence-corrected chi connectivity index (χ4v) is 5.02. The number of aromatic nitrogens is 3. The number of pyridine rings is 1. The Hall–Kier alpha value is -3.26. The number of hydrogen-bond donors (Lipinski definition) is 1. The van der Waals surface area contributed by atoms with E-state index in [9.17, 15) is 9.90 Å². The van der Waals surface area contributed by atoms with Crippen LogP contribution < -0.4 is 4.74 Å². The van der Waals surface area contributed by atoms with Gasteiger partial charge in [0.25, 0.3) is 0 Å². The Bertz CT molecular complexity index is 1410. The predicted molar refractivity (Wildman–Crippen MR) is 134 cm³/mol. The average molecular weight is 538 g/mol. The molecule has 180 valence electrons. The monoisotopic (exact) mass is 537 g/mol. The van der Waals surface area contributed by atoms with Crippen molar-refractivity contribution in [1.82, 2.24) is 14.5 Å². The Morgan fingerprint density at radius 2 is 1.94 bits per heavy atom. The van der Waals surface area contributed by atoms with Crippen molar-refractivity contribution in [3.63, 3.8) is 0 Å². The van der Waals surface area contributed by atoms with Crippen LogP contribution >= 0.6 is 15.9 Å². The summed E-state index contributed by atoms with van der Waals surface area (Å²) in [6.45, 7) is 6.43. The number of halogens is 2. The third-order valence-electron chi connectivity index (χ3n) is 6.80. The first kappa shape index (κ1) is 23.5. The van der Waals surface area contributed by atoms with Crippen molar-refractivity contribution in [2.75, 3.05) is 0 Å². The molecule has 2 aromatic heterocycles. The molecule has 2 aromatic carbocycles. The van der Waals surface area contributed by atoms with Crippen LogP contribution in [0.1, 0.15) is 42.4 Å². The van der Waals surface area contributed by atoms with Gasteiger partial charge in [0.15, 0.2) is 5.82 Å². The minimum atomic E-state index is -0.864. The number of carbonyl (C=O) groups is 1. The van der Waals surface area contributed by atoms with E-state index in [2.05, 4.69) is 25.9 Å². The zero-order valence-electron chi connectivity index (χ0n) is 19.6. The van der Waals surface area contributed by atoms with E-state index in [1.54, 1.807) is 12.3 Å². The van der Waals surface area contributed by atoms with Crippen LogP contribution in [0.15, 0.2) is 59.2 Å². The van der Waals surface area contributed by atoms with E-state index in [1.807, 2.05) is 61.7 Å². The highest BCUT2D eigenvalue weighted by molar-refractivity contribution is 9.10. The topological polar surface area (TPSA) is 77.2 Å². The maximum Gasteiger partial charge on any atom is 0.307 e. The summed E-state index contributed by atoms with van der Waals surface area (Å²) in [5, 5.41) is 9.76. The number of ether oxygens (including phenoxy) is 1. The number of rotatable bonds is 7. The van der Waals surface area contributed by atoms with E-state index >= 15 is 4.39 Å². The number of carboxylic acid groups (broad SMARTS) is 1. The lowest BCUT2D eigenvalue weighted by Gasteiger charge is -2.12. The van der Waals surface area contributed by atoms with Crippen LogP contribution in [-0.2, 0) is 17.9 Å². The van der Waals surface area contributed by atoms with Crippen molar-refractivity contribution in [2.24, 2.45) is 11.3 Å². The highest BCUT2D eigenvalue weighted by Gasteiger charge is 2.64. The summed E-state index contributed by atoms with van der Waals surface area (Å²) in [7, 11) is 0. The van der Waals surface area contributed by atoms with Crippen LogP contribution in [0.25, 0.3) is 11.0 Å². The van der Waals surface area contributed by atoms with Gasteiger partial charge in [-0.1, -0.05) is 48.0 Å². The van der Waals surface area contributed by atoms with E-state index in [4.69, 9.17) is 4.74 Å². The van der Waals surface area contributed by atoms with Crippen LogP contribution in [0.5, 0.6) is 5.75 Å². The summed E-state index contributed by atoms with van der Waals surface area (Å²) in [5.74, 6) is -1.31. The van der Waals surface area contributed by atoms with Gasteiger partial charge in [0.1, 0.15) is 23.7 Å². The zero-order valence-corrected chi connectivity index (χ0v) is 21.2. The van der Waals surface area contributed by atoms with Gasteiger partial charge in [0.2, 0.25) is 0 Å². The average Bonchev–Trinajstić information content (AvgIpc) is 3.22. The van der Waals surface area contributed by atoms with Gasteiger partial charge >= 0.3 is 5.97 Å². The second-order valence-electron chi connectivity index (χ2n) is 9.69. The first-order valence-corrected chi connectivity index (χ1v) is 12.2. The van der Waals surface area contributed by atoms with Gasteiger partial charge in [-0.2, -0.15) is 0 Å². The summed E-state index contributed by atoms with van der Waals surface area (Å²) in [6.07, 6.45) is 1.76. The quantitative estimate of drug-likeness (QED) is 0.308. The van der Waals surface area contributed by atoms with Gasteiger partial charge < -0.3 is 14.4 Å². The molecule has 6 nitrogen and oxygen atoms in total. The molecule has 2 heterocycles. The summed E-state index contributed by atoms with van der Waals surface area (Å²) >= 11 is 3.45. The Kier molecular flexibility index (Phi) is 5.87. The molecular weight excluding hydrogens is 513 g/mol. The number of hydrogen-bond acceptors (Lipinski definition) is 4. The molecule has 1 N–H and O–H groups in total. The van der Waals surface area contributed by atoms with Gasteiger partial charge in [0.05, 0.1) is 17.1 Å². The molecule has 1 saturated carbocycles. The molecule has 1 fully saturated rings. The van der Waals surface area contributed by atoms with Gasteiger partial charge in [-0.05, 0) is 41.7 Å². The van der Waals surface area contributed by atoms with Crippen LogP contribution in [-0.4, -0.2) is 25.6 Å². The molecule has 1 unspecified atom stereocenters. The predicted octanol–water partition coefficient (Wildman–Crippen LogP) is 6.09. The van der Waals surface area contributed by atoms with Gasteiger partial charge in [-0.3, -0.25) is 9.78 Å². The summed E-state index contributed by atoms with van der Waals surface area (Å²) in [4.78, 5) is 20.9. The van der Waals surface area contributed by atoms with E-state index in [1.165, 1.54) is 6.07 Å². The molecule has 35 heavy (non-hydrogen) atoms. The normalized spacial score (nSPS) is 18.5. The molecular formula is C27H25BrFN3O3. The lowest BCUT2D eigenvalue weighted by atomic mass is 10.1. The Labute approximate surface area is 210 Å². The SMILES string of the molecule is Cc1ccc(COc2cc(F)c3nc(C4[C@H](C(=O)O)C4(C)C)n(Cc4ccc(Br)cc4)c3c2)nc1. The largest absolute Gasteiger partial charge is 0.487 e. The maximum absolute atomic E-state index is 15.2. The van der Waals surface area contributed by atoms with E-state index < -0.39 is 23.1 Å². The minimum absolute atomic E-state index is 0.204. The molecule has 1 aliphatic carbocycles. The summed E-state index contributed by atoms with van der Waals surface area (Å²) in [6, 6.07) is 14.8. The molecule has 5 rings (SSSR count). The van der Waals surface area contributed by atoms with Crippen LogP contribution in [0, 0.1) is 24.1 Å². The number of carboxylic acids is 1. The number of benzene rings is 2. The molecule has 8 heteroatoms. The second-order valence-corrected chi connectivity index (χ2v) is 10.6. The highest BCUT2D eigenvalue weighted by Crippen LogP contribution is 2.64. The number of fused-ring (bicyclic) bond motifs is 1. The van der Waals surface area contributed by atoms with E-state index in [0.717, 1.165) is 21.3 Å². The lowest BCUT2D eigenvalue weighted by molar-refractivity contribution is -0.139. The van der Waals surface area contributed by atoms with Crippen molar-refractivity contribution in [1.29, 1.82) is 0 Å². The summed E-state index contributed by atoms with van der Waals surface area (Å²) < 4.78 is 24.0. The first-order chi connectivity index (χ1) is 16.6. The molecule has 4 aromatic rings. The minimum Gasteiger partial charge on any atom is -0.487 e. The van der Waals surface area contributed by atoms with Crippen molar-refractivity contribution in [3.05, 3.63) is 87.7 Å². The first-order valence-electron chi connectivity index (χ1n) is 11.4. The molecule has 0 bridgehead atoms. The smallest absolute Gasteiger partial charge is 0.307 e. The third kappa shape index (κ3) is 4.43. The standard InChI is InChI=1S/C27H25BrFN3O3/c1-15-4-9-18(30-12-15)14-35-19-10-20(29)24-21(11-19)32(13-16-5-7-17(28)8-6-16)25(31-24)22-23(26(33)34)27(22,2)3/h4-12,22-23H,13-14H2,1-3H3,(H,33,34)/t22?,23-/m1/s1. The molecule has 0 aliphatic heterocycles.